The van der Waals surface area contributed by atoms with Crippen LogP contribution in [-0.4, -0.2) is 33.2 Å². The fraction of sp³-hybridized carbons (Fsp3) is 0.231. The SMILES string of the molecule is NC(=NC(=O)O)c1cc(C2=CC(C(F)(F)F)=CCC2)ncn1. The van der Waals surface area contributed by atoms with Crippen molar-refractivity contribution in [3.63, 3.8) is 0 Å². The maximum Gasteiger partial charge on any atom is 0.433 e. The predicted molar refractivity (Wildman–Crippen MR) is 72.1 cm³/mol. The zero-order valence-corrected chi connectivity index (χ0v) is 11.1. The highest BCUT2D eigenvalue weighted by molar-refractivity contribution is 6.01. The third-order valence-corrected chi connectivity index (χ3v) is 2.91. The van der Waals surface area contributed by atoms with Crippen LogP contribution in [0.1, 0.15) is 24.2 Å². The second-order valence-corrected chi connectivity index (χ2v) is 4.43. The highest BCUT2D eigenvalue weighted by Crippen LogP contribution is 2.34. The molecule has 3 N–H and O–H groups in total. The van der Waals surface area contributed by atoms with Crippen molar-refractivity contribution in [3.8, 4) is 0 Å². The molecule has 1 aliphatic carbocycles. The molecule has 1 aromatic rings. The molecule has 1 amide bonds. The molecule has 9 heteroatoms. The Hall–Kier alpha value is -2.71. The summed E-state index contributed by atoms with van der Waals surface area (Å²) in [5.74, 6) is -0.348. The minimum atomic E-state index is -4.43. The summed E-state index contributed by atoms with van der Waals surface area (Å²) < 4.78 is 38.2. The van der Waals surface area contributed by atoms with E-state index in [9.17, 15) is 18.0 Å². The third kappa shape index (κ3) is 3.68. The van der Waals surface area contributed by atoms with Gasteiger partial charge in [0.05, 0.1) is 11.3 Å². The molecule has 0 fully saturated rings. The number of halogens is 3. The molecule has 0 unspecified atom stereocenters. The molecule has 116 valence electrons. The van der Waals surface area contributed by atoms with Gasteiger partial charge in [0.1, 0.15) is 12.0 Å². The molecule has 0 spiro atoms. The molecule has 0 atom stereocenters. The van der Waals surface area contributed by atoms with E-state index in [1.807, 2.05) is 0 Å². The zero-order chi connectivity index (χ0) is 16.3. The van der Waals surface area contributed by atoms with Crippen molar-refractivity contribution in [1.82, 2.24) is 9.97 Å². The maximum absolute atomic E-state index is 12.7. The Labute approximate surface area is 122 Å². The largest absolute Gasteiger partial charge is 0.463 e. The highest BCUT2D eigenvalue weighted by Gasteiger charge is 2.33. The predicted octanol–water partition coefficient (Wildman–Crippen LogP) is 2.53. The molecule has 1 aromatic heterocycles. The number of nitrogens with two attached hydrogens (primary N) is 1. The van der Waals surface area contributed by atoms with Crippen LogP contribution in [0.4, 0.5) is 18.0 Å². The summed E-state index contributed by atoms with van der Waals surface area (Å²) in [6.07, 6.45) is -2.07. The van der Waals surface area contributed by atoms with Gasteiger partial charge in [0.15, 0.2) is 5.84 Å². The van der Waals surface area contributed by atoms with Crippen LogP contribution in [0.25, 0.3) is 5.57 Å². The molecule has 0 aliphatic heterocycles. The van der Waals surface area contributed by atoms with Crippen LogP contribution in [0, 0.1) is 0 Å². The van der Waals surface area contributed by atoms with Crippen LogP contribution in [0.2, 0.25) is 0 Å². The Balaban J connectivity index is 2.36. The van der Waals surface area contributed by atoms with Crippen molar-refractivity contribution in [2.75, 3.05) is 0 Å². The van der Waals surface area contributed by atoms with E-state index in [4.69, 9.17) is 10.8 Å². The number of carboxylic acid groups (broad SMARTS) is 1. The number of amidine groups is 1. The number of amides is 1. The average molecular weight is 312 g/mol. The Morgan fingerprint density at radius 1 is 1.36 bits per heavy atom. The van der Waals surface area contributed by atoms with Gasteiger partial charge in [0, 0.05) is 0 Å². The van der Waals surface area contributed by atoms with Gasteiger partial charge in [-0.1, -0.05) is 6.08 Å². The van der Waals surface area contributed by atoms with Crippen LogP contribution in [0.5, 0.6) is 0 Å². The van der Waals surface area contributed by atoms with E-state index >= 15 is 0 Å². The fourth-order valence-corrected chi connectivity index (χ4v) is 1.93. The number of alkyl halides is 3. The zero-order valence-electron chi connectivity index (χ0n) is 11.1. The summed E-state index contributed by atoms with van der Waals surface area (Å²) >= 11 is 0. The number of nitrogens with zero attached hydrogens (tertiary/aromatic N) is 3. The van der Waals surface area contributed by atoms with Crippen LogP contribution in [0.3, 0.4) is 0 Å². The molecule has 22 heavy (non-hydrogen) atoms. The van der Waals surface area contributed by atoms with E-state index in [1.54, 1.807) is 0 Å². The summed E-state index contributed by atoms with van der Waals surface area (Å²) in [7, 11) is 0. The van der Waals surface area contributed by atoms with Crippen molar-refractivity contribution in [2.24, 2.45) is 10.7 Å². The van der Waals surface area contributed by atoms with Crippen molar-refractivity contribution in [3.05, 3.63) is 41.5 Å². The van der Waals surface area contributed by atoms with Crippen molar-refractivity contribution < 1.29 is 23.1 Å². The van der Waals surface area contributed by atoms with E-state index in [0.717, 1.165) is 18.5 Å². The number of aliphatic imine (C=N–C) groups is 1. The van der Waals surface area contributed by atoms with Gasteiger partial charge in [0.2, 0.25) is 0 Å². The van der Waals surface area contributed by atoms with Crippen molar-refractivity contribution in [2.45, 2.75) is 19.0 Å². The van der Waals surface area contributed by atoms with Crippen molar-refractivity contribution in [1.29, 1.82) is 0 Å². The summed E-state index contributed by atoms with van der Waals surface area (Å²) in [6, 6.07) is 1.31. The molecular formula is C13H11F3N4O2. The van der Waals surface area contributed by atoms with Gasteiger partial charge in [-0.3, -0.25) is 0 Å². The number of allylic oxidation sites excluding steroid dienone is 4. The van der Waals surface area contributed by atoms with Crippen LogP contribution in [0.15, 0.2) is 35.1 Å². The first-order chi connectivity index (χ1) is 10.3. The lowest BCUT2D eigenvalue weighted by molar-refractivity contribution is -0.0885. The van der Waals surface area contributed by atoms with Crippen LogP contribution in [-0.2, 0) is 0 Å². The first-order valence-electron chi connectivity index (χ1n) is 6.15. The number of carbonyl (C=O) groups is 1. The number of hydrogen-bond donors (Lipinski definition) is 2. The smallest absolute Gasteiger partial charge is 0.433 e. The molecule has 2 rings (SSSR count). The van der Waals surface area contributed by atoms with E-state index < -0.39 is 17.8 Å². The molecule has 0 saturated carbocycles. The number of hydrogen-bond acceptors (Lipinski definition) is 3. The van der Waals surface area contributed by atoms with Crippen molar-refractivity contribution >= 4 is 17.5 Å². The molecule has 0 radical (unpaired) electrons. The van der Waals surface area contributed by atoms with E-state index in [0.29, 0.717) is 12.0 Å². The van der Waals surface area contributed by atoms with Gasteiger partial charge in [0.25, 0.3) is 0 Å². The minimum absolute atomic E-state index is 0.0383. The van der Waals surface area contributed by atoms with Crippen LogP contribution < -0.4 is 5.73 Å². The molecule has 1 heterocycles. The molecule has 0 aromatic carbocycles. The summed E-state index contributed by atoms with van der Waals surface area (Å²) in [5.41, 5.74) is 5.39. The average Bonchev–Trinajstić information content (AvgIpc) is 2.46. The first-order valence-corrected chi connectivity index (χ1v) is 6.15. The van der Waals surface area contributed by atoms with E-state index in [2.05, 4.69) is 15.0 Å². The minimum Gasteiger partial charge on any atom is -0.463 e. The summed E-state index contributed by atoms with van der Waals surface area (Å²) in [6.45, 7) is 0. The van der Waals surface area contributed by atoms with E-state index in [1.165, 1.54) is 6.07 Å². The Bertz CT molecular complexity index is 693. The third-order valence-electron chi connectivity index (χ3n) is 2.91. The van der Waals surface area contributed by atoms with Gasteiger partial charge in [-0.05, 0) is 30.6 Å². The second-order valence-electron chi connectivity index (χ2n) is 4.43. The lowest BCUT2D eigenvalue weighted by Crippen LogP contribution is -2.18. The Morgan fingerprint density at radius 3 is 2.73 bits per heavy atom. The molecule has 0 saturated heterocycles. The monoisotopic (exact) mass is 312 g/mol. The molecule has 0 bridgehead atoms. The van der Waals surface area contributed by atoms with Gasteiger partial charge >= 0.3 is 12.3 Å². The maximum atomic E-state index is 12.7. The summed E-state index contributed by atoms with van der Waals surface area (Å²) in [4.78, 5) is 21.2. The van der Waals surface area contributed by atoms with Gasteiger partial charge in [-0.25, -0.2) is 14.8 Å². The molecule has 1 aliphatic rings. The second kappa shape index (κ2) is 5.96. The van der Waals surface area contributed by atoms with Crippen LogP contribution >= 0.6 is 0 Å². The quantitative estimate of drug-likeness (QED) is 0.645. The fourth-order valence-electron chi connectivity index (χ4n) is 1.93. The standard InChI is InChI=1S/C13H11F3N4O2/c14-13(15,16)8-3-1-2-7(4-8)9-5-10(19-6-18-9)11(17)20-12(21)22/h3-6H,1-2H2,(H2,17,20)(H,21,22). The normalized spacial score (nSPS) is 16.0. The first kappa shape index (κ1) is 15.7. The Morgan fingerprint density at radius 2 is 2.09 bits per heavy atom. The topological polar surface area (TPSA) is 101 Å². The Kier molecular flexibility index (Phi) is 4.25. The van der Waals surface area contributed by atoms with Gasteiger partial charge in [-0.2, -0.15) is 18.2 Å². The van der Waals surface area contributed by atoms with E-state index in [-0.39, 0.29) is 23.6 Å². The number of aromatic nitrogens is 2. The van der Waals surface area contributed by atoms with Gasteiger partial charge in [-0.15, -0.1) is 0 Å². The highest BCUT2D eigenvalue weighted by atomic mass is 19.4. The molecule has 6 nitrogen and oxygen atoms in total. The lowest BCUT2D eigenvalue weighted by Gasteiger charge is -2.16. The molecular weight excluding hydrogens is 301 g/mol. The van der Waals surface area contributed by atoms with Gasteiger partial charge < -0.3 is 10.8 Å². The summed E-state index contributed by atoms with van der Waals surface area (Å²) in [5, 5.41) is 8.53. The number of rotatable bonds is 2. The lowest BCUT2D eigenvalue weighted by atomic mass is 9.96.